The Balaban J connectivity index is 1.01. The molecule has 0 spiro atoms. The lowest BCUT2D eigenvalue weighted by Crippen LogP contribution is -2.28. The van der Waals surface area contributed by atoms with E-state index >= 15 is 0 Å². The van der Waals surface area contributed by atoms with E-state index in [1.54, 1.807) is 0 Å². The van der Waals surface area contributed by atoms with E-state index in [2.05, 4.69) is 290 Å². The van der Waals surface area contributed by atoms with Crippen molar-refractivity contribution in [2.24, 2.45) is 0 Å². The summed E-state index contributed by atoms with van der Waals surface area (Å²) in [6.45, 7) is 0. The summed E-state index contributed by atoms with van der Waals surface area (Å²) >= 11 is 0. The van der Waals surface area contributed by atoms with E-state index in [1.165, 1.54) is 88.3 Å². The van der Waals surface area contributed by atoms with Crippen LogP contribution < -0.4 is 4.90 Å². The van der Waals surface area contributed by atoms with Crippen LogP contribution in [0.15, 0.2) is 285 Å². The molecule has 0 N–H and O–H groups in total. The van der Waals surface area contributed by atoms with Gasteiger partial charge >= 0.3 is 0 Å². The number of para-hydroxylation sites is 1. The first-order valence-electron chi connectivity index (χ1n) is 24.3. The van der Waals surface area contributed by atoms with E-state index in [0.29, 0.717) is 0 Å². The fourth-order valence-electron chi connectivity index (χ4n) is 11.5. The Kier molecular flexibility index (Phi) is 10.1. The van der Waals surface area contributed by atoms with Crippen molar-refractivity contribution in [1.82, 2.24) is 0 Å². The van der Waals surface area contributed by atoms with Crippen LogP contribution in [0, 0.1) is 0 Å². The Bertz CT molecular complexity index is 3800. The Hall–Kier alpha value is -9.04. The van der Waals surface area contributed by atoms with Gasteiger partial charge < -0.3 is 4.90 Å². The predicted octanol–water partition coefficient (Wildman–Crippen LogP) is 18.5. The van der Waals surface area contributed by atoms with E-state index in [4.69, 9.17) is 0 Å². The van der Waals surface area contributed by atoms with Crippen molar-refractivity contribution in [2.75, 3.05) is 4.90 Å². The largest absolute Gasteiger partial charge is 0.310 e. The third kappa shape index (κ3) is 6.70. The van der Waals surface area contributed by atoms with Gasteiger partial charge in [-0.2, -0.15) is 0 Å². The van der Waals surface area contributed by atoms with Gasteiger partial charge in [-0.1, -0.05) is 249 Å². The van der Waals surface area contributed by atoms with Gasteiger partial charge in [0.05, 0.1) is 11.1 Å². The Morgan fingerprint density at radius 2 is 0.700 bits per heavy atom. The second-order valence-corrected chi connectivity index (χ2v) is 18.3. The zero-order valence-corrected chi connectivity index (χ0v) is 38.6. The standard InChI is InChI=1S/C69H47N/c1-6-22-49(23-7-1)57-32-19-21-37-66(57)70(56-43-45-61-60-34-18-20-36-64(60)69(65(61)47-56,53-28-12-4-13-29-53)54-30-14-5-15-31-54)55-41-38-48(39-42-55)52-40-44-59-58-33-16-17-35-62(58)67(50-24-8-2-9-25-50)68(63(59)46-52)51-26-10-3-11-27-51/h1-47H. The van der Waals surface area contributed by atoms with Crippen LogP contribution in [0.2, 0.25) is 0 Å². The Labute approximate surface area is 409 Å². The summed E-state index contributed by atoms with van der Waals surface area (Å²) in [7, 11) is 0. The monoisotopic (exact) mass is 889 g/mol. The maximum atomic E-state index is 2.47. The van der Waals surface area contributed by atoms with Crippen molar-refractivity contribution in [3.63, 3.8) is 0 Å². The molecule has 12 aromatic rings. The number of fused-ring (bicyclic) bond motifs is 6. The van der Waals surface area contributed by atoms with Gasteiger partial charge in [0, 0.05) is 16.9 Å². The number of benzene rings is 12. The van der Waals surface area contributed by atoms with Gasteiger partial charge in [0.15, 0.2) is 0 Å². The summed E-state index contributed by atoms with van der Waals surface area (Å²) in [4.78, 5) is 2.46. The fourth-order valence-corrected chi connectivity index (χ4v) is 11.5. The van der Waals surface area contributed by atoms with Crippen molar-refractivity contribution >= 4 is 38.6 Å². The second-order valence-electron chi connectivity index (χ2n) is 18.3. The van der Waals surface area contributed by atoms with Crippen LogP contribution in [0.4, 0.5) is 17.1 Å². The molecule has 70 heavy (non-hydrogen) atoms. The summed E-state index contributed by atoms with van der Waals surface area (Å²) in [5.41, 5.74) is 20.0. The molecule has 0 saturated carbocycles. The molecule has 13 rings (SSSR count). The first-order valence-corrected chi connectivity index (χ1v) is 24.3. The summed E-state index contributed by atoms with van der Waals surface area (Å²) < 4.78 is 0. The molecular formula is C69H47N. The summed E-state index contributed by atoms with van der Waals surface area (Å²) in [5.74, 6) is 0. The fraction of sp³-hybridized carbons (Fsp3) is 0.0145. The van der Waals surface area contributed by atoms with Gasteiger partial charge in [-0.15, -0.1) is 0 Å². The highest BCUT2D eigenvalue weighted by Gasteiger charge is 2.46. The first-order chi connectivity index (χ1) is 34.8. The van der Waals surface area contributed by atoms with Crippen molar-refractivity contribution < 1.29 is 0 Å². The minimum Gasteiger partial charge on any atom is -0.310 e. The van der Waals surface area contributed by atoms with Crippen LogP contribution in [-0.2, 0) is 5.41 Å². The molecule has 0 amide bonds. The van der Waals surface area contributed by atoms with Gasteiger partial charge in [-0.05, 0) is 130 Å². The SMILES string of the molecule is c1ccc(-c2ccccc2N(c2ccc(-c3ccc4c(c3)c(-c3ccccc3)c(-c3ccccc3)c3ccccc34)cc2)c2ccc3c(c2)C(c2ccccc2)(c2ccccc2)c2ccccc2-3)cc1. The third-order valence-electron chi connectivity index (χ3n) is 14.5. The molecule has 0 atom stereocenters. The van der Waals surface area contributed by atoms with Gasteiger partial charge in [-0.25, -0.2) is 0 Å². The Morgan fingerprint density at radius 3 is 1.34 bits per heavy atom. The highest BCUT2D eigenvalue weighted by molar-refractivity contribution is 6.22. The van der Waals surface area contributed by atoms with Crippen molar-refractivity contribution in [1.29, 1.82) is 0 Å². The van der Waals surface area contributed by atoms with Gasteiger partial charge in [-0.3, -0.25) is 0 Å². The lowest BCUT2D eigenvalue weighted by molar-refractivity contribution is 0.768. The van der Waals surface area contributed by atoms with Crippen LogP contribution in [0.25, 0.3) is 77.2 Å². The number of anilines is 3. The van der Waals surface area contributed by atoms with Crippen LogP contribution in [0.1, 0.15) is 22.3 Å². The van der Waals surface area contributed by atoms with E-state index < -0.39 is 5.41 Å². The molecule has 1 aliphatic carbocycles. The van der Waals surface area contributed by atoms with Crippen LogP contribution in [0.3, 0.4) is 0 Å². The molecule has 0 aliphatic heterocycles. The molecule has 0 saturated heterocycles. The summed E-state index contributed by atoms with van der Waals surface area (Å²) in [6, 6.07) is 105. The highest BCUT2D eigenvalue weighted by atomic mass is 15.1. The number of nitrogens with zero attached hydrogens (tertiary/aromatic N) is 1. The number of rotatable bonds is 9. The predicted molar refractivity (Wildman–Crippen MR) is 295 cm³/mol. The van der Waals surface area contributed by atoms with Gasteiger partial charge in [0.25, 0.3) is 0 Å². The quantitative estimate of drug-likeness (QED) is 0.131. The lowest BCUT2D eigenvalue weighted by Gasteiger charge is -2.35. The molecule has 328 valence electrons. The average Bonchev–Trinajstić information content (AvgIpc) is 3.74. The molecule has 0 fully saturated rings. The summed E-state index contributed by atoms with van der Waals surface area (Å²) in [5, 5.41) is 5.00. The zero-order chi connectivity index (χ0) is 46.4. The van der Waals surface area contributed by atoms with Crippen molar-refractivity contribution in [2.45, 2.75) is 5.41 Å². The molecule has 12 aromatic carbocycles. The number of hydrogen-bond acceptors (Lipinski definition) is 1. The molecule has 0 bridgehead atoms. The summed E-state index contributed by atoms with van der Waals surface area (Å²) in [6.07, 6.45) is 0. The molecule has 1 heteroatoms. The maximum absolute atomic E-state index is 2.47. The number of hydrogen-bond donors (Lipinski definition) is 0. The van der Waals surface area contributed by atoms with E-state index in [1.807, 2.05) is 0 Å². The molecular weight excluding hydrogens is 843 g/mol. The van der Waals surface area contributed by atoms with E-state index in [-0.39, 0.29) is 0 Å². The maximum Gasteiger partial charge on any atom is 0.0714 e. The van der Waals surface area contributed by atoms with Crippen molar-refractivity contribution in [3.05, 3.63) is 307 Å². The zero-order valence-electron chi connectivity index (χ0n) is 38.6. The Morgan fingerprint density at radius 1 is 0.243 bits per heavy atom. The molecule has 1 nitrogen and oxygen atoms in total. The van der Waals surface area contributed by atoms with E-state index in [0.717, 1.165) is 28.2 Å². The molecule has 0 unspecified atom stereocenters. The van der Waals surface area contributed by atoms with Crippen LogP contribution in [0.5, 0.6) is 0 Å². The smallest absolute Gasteiger partial charge is 0.0714 e. The molecule has 0 heterocycles. The molecule has 0 radical (unpaired) electrons. The topological polar surface area (TPSA) is 3.24 Å². The normalized spacial score (nSPS) is 12.4. The van der Waals surface area contributed by atoms with Crippen LogP contribution in [-0.4, -0.2) is 0 Å². The van der Waals surface area contributed by atoms with Crippen LogP contribution >= 0.6 is 0 Å². The van der Waals surface area contributed by atoms with E-state index in [9.17, 15) is 0 Å². The van der Waals surface area contributed by atoms with Gasteiger partial charge in [0.2, 0.25) is 0 Å². The molecule has 1 aliphatic rings. The minimum absolute atomic E-state index is 0.528. The third-order valence-corrected chi connectivity index (χ3v) is 14.5. The molecule has 0 aromatic heterocycles. The second kappa shape index (κ2) is 17.2. The minimum atomic E-state index is -0.528. The van der Waals surface area contributed by atoms with Crippen molar-refractivity contribution in [3.8, 4) is 55.6 Å². The highest BCUT2D eigenvalue weighted by Crippen LogP contribution is 2.57. The lowest BCUT2D eigenvalue weighted by atomic mass is 9.67. The van der Waals surface area contributed by atoms with Gasteiger partial charge in [0.1, 0.15) is 0 Å². The first kappa shape index (κ1) is 41.2. The average molecular weight is 890 g/mol.